The summed E-state index contributed by atoms with van der Waals surface area (Å²) < 4.78 is 23.1. The minimum Gasteiger partial charge on any atom is -0.497 e. The molecule has 5 rings (SSSR count). The van der Waals surface area contributed by atoms with Crippen molar-refractivity contribution >= 4 is 16.9 Å². The smallest absolute Gasteiger partial charge is 0.291 e. The zero-order valence-corrected chi connectivity index (χ0v) is 23.7. The molecule has 0 radical (unpaired) electrons. The second-order valence-electron chi connectivity index (χ2n) is 10.3. The van der Waals surface area contributed by atoms with Crippen LogP contribution in [-0.2, 0) is 6.54 Å². The molecule has 4 aromatic rings. The maximum atomic E-state index is 14.0. The van der Waals surface area contributed by atoms with Crippen molar-refractivity contribution in [2.24, 2.45) is 0 Å². The number of amides is 1. The number of hydrogen-bond donors (Lipinski definition) is 0. The summed E-state index contributed by atoms with van der Waals surface area (Å²) in [6.45, 7) is 6.94. The molecule has 3 aromatic carbocycles. The minimum atomic E-state index is -0.657. The van der Waals surface area contributed by atoms with Crippen molar-refractivity contribution in [3.05, 3.63) is 98.4 Å². The van der Waals surface area contributed by atoms with E-state index >= 15 is 0 Å². The van der Waals surface area contributed by atoms with Crippen LogP contribution in [0.4, 0.5) is 0 Å². The highest BCUT2D eigenvalue weighted by Gasteiger charge is 2.43. The molecule has 40 heavy (non-hydrogen) atoms. The van der Waals surface area contributed by atoms with Crippen LogP contribution >= 0.6 is 0 Å². The highest BCUT2D eigenvalue weighted by molar-refractivity contribution is 5.99. The summed E-state index contributed by atoms with van der Waals surface area (Å²) in [5, 5.41) is 0.466. The van der Waals surface area contributed by atoms with Crippen LogP contribution in [0.1, 0.15) is 70.6 Å². The average Bonchev–Trinajstić information content (AvgIpc) is 3.23. The van der Waals surface area contributed by atoms with Gasteiger partial charge in [-0.05, 0) is 78.9 Å². The van der Waals surface area contributed by atoms with Gasteiger partial charge in [-0.3, -0.25) is 9.59 Å². The van der Waals surface area contributed by atoms with E-state index in [4.69, 9.17) is 18.6 Å². The number of unbranched alkanes of at least 4 members (excludes halogenated alkanes) is 2. The first-order valence-corrected chi connectivity index (χ1v) is 13.7. The summed E-state index contributed by atoms with van der Waals surface area (Å²) in [5.74, 6) is 1.66. The van der Waals surface area contributed by atoms with Crippen molar-refractivity contribution in [2.45, 2.75) is 52.6 Å². The molecule has 1 aliphatic rings. The Kier molecular flexibility index (Phi) is 7.83. The quantitative estimate of drug-likeness (QED) is 0.207. The molecule has 1 aliphatic heterocycles. The molecule has 0 saturated carbocycles. The number of carbonyl (C=O) groups excluding carboxylic acids is 1. The Morgan fingerprint density at radius 3 is 2.33 bits per heavy atom. The van der Waals surface area contributed by atoms with Gasteiger partial charge in [-0.1, -0.05) is 38.0 Å². The summed E-state index contributed by atoms with van der Waals surface area (Å²) in [6, 6.07) is 16.2. The number of nitrogens with zero attached hydrogens (tertiary/aromatic N) is 1. The number of methoxy groups -OCH3 is 2. The summed E-state index contributed by atoms with van der Waals surface area (Å²) in [6.07, 6.45) is 3.15. The van der Waals surface area contributed by atoms with Crippen molar-refractivity contribution in [1.82, 2.24) is 4.90 Å². The van der Waals surface area contributed by atoms with Crippen LogP contribution in [0.2, 0.25) is 0 Å². The number of ether oxygens (including phenoxy) is 3. The maximum absolute atomic E-state index is 14.0. The second-order valence-corrected chi connectivity index (χ2v) is 10.3. The van der Waals surface area contributed by atoms with E-state index in [1.165, 1.54) is 0 Å². The molecule has 7 nitrogen and oxygen atoms in total. The van der Waals surface area contributed by atoms with Gasteiger partial charge in [0.25, 0.3) is 5.91 Å². The first-order chi connectivity index (χ1) is 19.4. The van der Waals surface area contributed by atoms with Crippen LogP contribution in [0.15, 0.2) is 63.8 Å². The van der Waals surface area contributed by atoms with Crippen LogP contribution in [0.25, 0.3) is 11.0 Å². The third kappa shape index (κ3) is 5.04. The third-order valence-electron chi connectivity index (χ3n) is 7.60. The highest BCUT2D eigenvalue weighted by atomic mass is 16.5. The van der Waals surface area contributed by atoms with Gasteiger partial charge in [0, 0.05) is 6.54 Å². The van der Waals surface area contributed by atoms with E-state index in [1.54, 1.807) is 19.1 Å². The molecule has 1 aromatic heterocycles. The molecule has 0 spiro atoms. The van der Waals surface area contributed by atoms with Gasteiger partial charge < -0.3 is 23.5 Å². The van der Waals surface area contributed by atoms with E-state index in [-0.39, 0.29) is 23.6 Å². The fourth-order valence-corrected chi connectivity index (χ4v) is 5.22. The lowest BCUT2D eigenvalue weighted by atomic mass is 9.97. The van der Waals surface area contributed by atoms with E-state index in [0.29, 0.717) is 34.6 Å². The molecule has 0 fully saturated rings. The normalized spacial score (nSPS) is 14.5. The average molecular weight is 542 g/mol. The molecule has 0 aliphatic carbocycles. The molecule has 0 bridgehead atoms. The molecule has 1 unspecified atom stereocenters. The van der Waals surface area contributed by atoms with E-state index in [2.05, 4.69) is 6.92 Å². The topological polar surface area (TPSA) is 78.2 Å². The van der Waals surface area contributed by atoms with Crippen LogP contribution in [0.5, 0.6) is 17.2 Å². The Morgan fingerprint density at radius 1 is 0.875 bits per heavy atom. The van der Waals surface area contributed by atoms with E-state index in [1.807, 2.05) is 68.4 Å². The van der Waals surface area contributed by atoms with E-state index in [9.17, 15) is 9.59 Å². The summed E-state index contributed by atoms with van der Waals surface area (Å²) in [7, 11) is 3.20. The van der Waals surface area contributed by atoms with Crippen molar-refractivity contribution in [3.8, 4) is 17.2 Å². The van der Waals surface area contributed by atoms with Crippen molar-refractivity contribution in [2.75, 3.05) is 20.8 Å². The lowest BCUT2D eigenvalue weighted by molar-refractivity contribution is 0.0714. The molecule has 0 saturated heterocycles. The Morgan fingerprint density at radius 2 is 1.62 bits per heavy atom. The largest absolute Gasteiger partial charge is 0.497 e. The Balaban J connectivity index is 1.62. The van der Waals surface area contributed by atoms with Crippen LogP contribution in [0.3, 0.4) is 0 Å². The molecular formula is C33H35NO6. The van der Waals surface area contributed by atoms with E-state index in [0.717, 1.165) is 47.3 Å². The van der Waals surface area contributed by atoms with E-state index < -0.39 is 6.04 Å². The van der Waals surface area contributed by atoms with Gasteiger partial charge >= 0.3 is 0 Å². The van der Waals surface area contributed by atoms with Crippen LogP contribution in [0, 0.1) is 13.8 Å². The number of fused-ring (bicyclic) bond motifs is 2. The lowest BCUT2D eigenvalue weighted by Crippen LogP contribution is -2.29. The van der Waals surface area contributed by atoms with Crippen molar-refractivity contribution in [3.63, 3.8) is 0 Å². The number of aryl methyl sites for hydroxylation is 2. The van der Waals surface area contributed by atoms with Gasteiger partial charge in [0.05, 0.1) is 37.8 Å². The Labute approximate surface area is 234 Å². The lowest BCUT2D eigenvalue weighted by Gasteiger charge is -2.26. The molecule has 208 valence electrons. The fourth-order valence-electron chi connectivity index (χ4n) is 5.22. The summed E-state index contributed by atoms with van der Waals surface area (Å²) in [5.41, 5.74) is 4.18. The number of rotatable bonds is 10. The predicted molar refractivity (Wildman–Crippen MR) is 155 cm³/mol. The van der Waals surface area contributed by atoms with Crippen molar-refractivity contribution < 1.29 is 23.4 Å². The number of hydrogen-bond acceptors (Lipinski definition) is 6. The minimum absolute atomic E-state index is 0.0816. The highest BCUT2D eigenvalue weighted by Crippen LogP contribution is 2.42. The van der Waals surface area contributed by atoms with Gasteiger partial charge in [0.15, 0.2) is 16.9 Å². The molecular weight excluding hydrogens is 506 g/mol. The fraction of sp³-hybridized carbons (Fsp3) is 0.333. The van der Waals surface area contributed by atoms with Gasteiger partial charge in [0.1, 0.15) is 11.3 Å². The summed E-state index contributed by atoms with van der Waals surface area (Å²) in [4.78, 5) is 29.6. The van der Waals surface area contributed by atoms with Gasteiger partial charge in [0.2, 0.25) is 5.76 Å². The first kappa shape index (κ1) is 27.3. The molecule has 7 heteroatoms. The molecule has 0 N–H and O–H groups in total. The number of benzene rings is 3. The monoisotopic (exact) mass is 541 g/mol. The summed E-state index contributed by atoms with van der Waals surface area (Å²) >= 11 is 0. The zero-order chi connectivity index (χ0) is 28.4. The zero-order valence-electron chi connectivity index (χ0n) is 23.7. The predicted octanol–water partition coefficient (Wildman–Crippen LogP) is 6.74. The Bertz CT molecular complexity index is 1600. The van der Waals surface area contributed by atoms with Gasteiger partial charge in [-0.15, -0.1) is 0 Å². The first-order valence-electron chi connectivity index (χ1n) is 13.7. The molecule has 2 heterocycles. The van der Waals surface area contributed by atoms with Crippen LogP contribution < -0.4 is 19.6 Å². The number of carbonyl (C=O) groups is 1. The van der Waals surface area contributed by atoms with Gasteiger partial charge in [-0.2, -0.15) is 0 Å². The molecule has 1 atom stereocenters. The second kappa shape index (κ2) is 11.5. The SMILES string of the molecule is CCCCCOc1ccc(C2c3c(oc4cc(C)c(C)cc4c3=O)C(=O)N2Cc2ccc(OC)cc2)cc1OC. The van der Waals surface area contributed by atoms with Crippen LogP contribution in [-0.4, -0.2) is 31.6 Å². The maximum Gasteiger partial charge on any atom is 0.291 e. The van der Waals surface area contributed by atoms with Gasteiger partial charge in [-0.25, -0.2) is 0 Å². The third-order valence-corrected chi connectivity index (χ3v) is 7.60. The molecule has 1 amide bonds. The standard InChI is InChI=1S/C33H35NO6/c1-6-7-8-15-39-26-14-11-23(18-28(26)38-5)30-29-31(35)25-16-20(2)21(3)17-27(25)40-32(29)33(36)34(30)19-22-9-12-24(37-4)13-10-22/h9-14,16-18,30H,6-8,15,19H2,1-5H3. The van der Waals surface area contributed by atoms with Crippen molar-refractivity contribution in [1.29, 1.82) is 0 Å². The Hall–Kier alpha value is -4.26.